The van der Waals surface area contributed by atoms with Crippen molar-refractivity contribution in [1.82, 2.24) is 0 Å². The van der Waals surface area contributed by atoms with Gasteiger partial charge in [-0.05, 0) is 31.0 Å². The summed E-state index contributed by atoms with van der Waals surface area (Å²) in [6.07, 6.45) is 0.400. The number of aryl methyl sites for hydroxylation is 1. The fourth-order valence-corrected chi connectivity index (χ4v) is 2.22. The van der Waals surface area contributed by atoms with Crippen molar-refractivity contribution in [3.05, 3.63) is 53.6 Å². The Morgan fingerprint density at radius 3 is 2.43 bits per heavy atom. The summed E-state index contributed by atoms with van der Waals surface area (Å²) < 4.78 is 5.71. The van der Waals surface area contributed by atoms with Crippen LogP contribution < -0.4 is 4.74 Å². The average molecular weight is 286 g/mol. The molecule has 0 bridgehead atoms. The monoisotopic (exact) mass is 286 g/mol. The first kappa shape index (κ1) is 14.9. The largest absolute Gasteiger partial charge is 0.504 e. The molecule has 0 fully saturated rings. The number of hydrogen-bond acceptors (Lipinski definition) is 3. The molecule has 2 rings (SSSR count). The number of phenols is 1. The van der Waals surface area contributed by atoms with Crippen LogP contribution >= 0.6 is 0 Å². The summed E-state index contributed by atoms with van der Waals surface area (Å²) in [5.41, 5.74) is 1.31. The number of rotatable bonds is 5. The van der Waals surface area contributed by atoms with E-state index < -0.39 is 11.9 Å². The number of carbonyl (C=O) groups is 1. The molecule has 2 aromatic carbocycles. The molecule has 0 aliphatic rings. The molecule has 0 saturated carbocycles. The van der Waals surface area contributed by atoms with Gasteiger partial charge in [0.05, 0.1) is 5.92 Å². The Hall–Kier alpha value is -2.49. The minimum absolute atomic E-state index is 0.116. The van der Waals surface area contributed by atoms with Crippen LogP contribution in [0.25, 0.3) is 0 Å². The van der Waals surface area contributed by atoms with Crippen LogP contribution in [0.1, 0.15) is 30.4 Å². The van der Waals surface area contributed by atoms with E-state index in [2.05, 4.69) is 0 Å². The maximum atomic E-state index is 11.3. The maximum absolute atomic E-state index is 11.3. The lowest BCUT2D eigenvalue weighted by Crippen LogP contribution is -2.10. The van der Waals surface area contributed by atoms with Gasteiger partial charge in [-0.3, -0.25) is 4.79 Å². The highest BCUT2D eigenvalue weighted by molar-refractivity contribution is 5.77. The fraction of sp³-hybridized carbons (Fsp3) is 0.235. The summed E-state index contributed by atoms with van der Waals surface area (Å²) in [6.45, 7) is 3.68. The third-order valence-corrected chi connectivity index (χ3v) is 3.43. The molecule has 0 aliphatic carbocycles. The fourth-order valence-electron chi connectivity index (χ4n) is 2.22. The highest BCUT2D eigenvalue weighted by atomic mass is 16.5. The first-order valence-electron chi connectivity index (χ1n) is 6.82. The van der Waals surface area contributed by atoms with Crippen LogP contribution in [0.15, 0.2) is 42.5 Å². The Balaban J connectivity index is 2.38. The standard InChI is InChI=1S/C17H18O4/c1-3-12(17(19)20)13-8-6-10-15(16(13)18)21-14-9-5-4-7-11(14)2/h4-10,12,18H,3H2,1-2H3,(H,19,20). The first-order chi connectivity index (χ1) is 10.0. The van der Waals surface area contributed by atoms with E-state index in [-0.39, 0.29) is 11.5 Å². The molecule has 1 atom stereocenters. The zero-order valence-corrected chi connectivity index (χ0v) is 12.0. The summed E-state index contributed by atoms with van der Waals surface area (Å²) in [5, 5.41) is 19.5. The smallest absolute Gasteiger partial charge is 0.311 e. The highest BCUT2D eigenvalue weighted by Gasteiger charge is 2.23. The number of aromatic hydroxyl groups is 1. The van der Waals surface area contributed by atoms with Crippen LogP contribution in [-0.4, -0.2) is 16.2 Å². The third-order valence-electron chi connectivity index (χ3n) is 3.43. The number of ether oxygens (including phenoxy) is 1. The number of aliphatic carboxylic acids is 1. The lowest BCUT2D eigenvalue weighted by Gasteiger charge is -2.15. The van der Waals surface area contributed by atoms with E-state index in [9.17, 15) is 15.0 Å². The minimum Gasteiger partial charge on any atom is -0.504 e. The van der Waals surface area contributed by atoms with Gasteiger partial charge in [0.15, 0.2) is 11.5 Å². The maximum Gasteiger partial charge on any atom is 0.311 e. The second kappa shape index (κ2) is 6.31. The molecule has 0 aromatic heterocycles. The summed E-state index contributed by atoms with van der Waals surface area (Å²) in [4.78, 5) is 11.3. The van der Waals surface area contributed by atoms with Gasteiger partial charge in [0.2, 0.25) is 0 Å². The van der Waals surface area contributed by atoms with Gasteiger partial charge in [0.25, 0.3) is 0 Å². The predicted octanol–water partition coefficient (Wildman–Crippen LogP) is 4.07. The molecule has 21 heavy (non-hydrogen) atoms. The van der Waals surface area contributed by atoms with Crippen LogP contribution in [-0.2, 0) is 4.79 Å². The SMILES string of the molecule is CCC(C(=O)O)c1cccc(Oc2ccccc2C)c1O. The lowest BCUT2D eigenvalue weighted by molar-refractivity contribution is -0.138. The molecule has 0 radical (unpaired) electrons. The summed E-state index contributed by atoms with van der Waals surface area (Å²) in [7, 11) is 0. The van der Waals surface area contributed by atoms with E-state index in [4.69, 9.17) is 4.74 Å². The number of phenolic OH excluding ortho intramolecular Hbond substituents is 1. The number of benzene rings is 2. The average Bonchev–Trinajstić information content (AvgIpc) is 2.45. The van der Waals surface area contributed by atoms with Crippen molar-refractivity contribution >= 4 is 5.97 Å². The van der Waals surface area contributed by atoms with Gasteiger partial charge in [0.1, 0.15) is 5.75 Å². The topological polar surface area (TPSA) is 66.8 Å². The normalized spacial score (nSPS) is 11.9. The second-order valence-electron chi connectivity index (χ2n) is 4.86. The molecule has 110 valence electrons. The van der Waals surface area contributed by atoms with Crippen LogP contribution in [0.2, 0.25) is 0 Å². The van der Waals surface area contributed by atoms with Gasteiger partial charge in [-0.1, -0.05) is 37.3 Å². The third kappa shape index (κ3) is 3.16. The van der Waals surface area contributed by atoms with Gasteiger partial charge >= 0.3 is 5.97 Å². The summed E-state index contributed by atoms with van der Waals surface area (Å²) >= 11 is 0. The Labute approximate surface area is 123 Å². The van der Waals surface area contributed by atoms with Crippen LogP contribution in [0.5, 0.6) is 17.2 Å². The van der Waals surface area contributed by atoms with Crippen molar-refractivity contribution in [2.24, 2.45) is 0 Å². The summed E-state index contributed by atoms with van der Waals surface area (Å²) in [6, 6.07) is 12.4. The molecule has 4 heteroatoms. The van der Waals surface area contributed by atoms with E-state index in [1.54, 1.807) is 31.2 Å². The molecule has 0 saturated heterocycles. The predicted molar refractivity (Wildman–Crippen MR) is 80.0 cm³/mol. The molecule has 2 aromatic rings. The minimum atomic E-state index is -0.958. The van der Waals surface area contributed by atoms with Crippen molar-refractivity contribution in [2.45, 2.75) is 26.2 Å². The van der Waals surface area contributed by atoms with E-state index in [0.29, 0.717) is 17.7 Å². The van der Waals surface area contributed by atoms with E-state index >= 15 is 0 Å². The molecule has 1 unspecified atom stereocenters. The molecule has 2 N–H and O–H groups in total. The van der Waals surface area contributed by atoms with Crippen molar-refractivity contribution in [3.63, 3.8) is 0 Å². The van der Waals surface area contributed by atoms with Crippen molar-refractivity contribution in [3.8, 4) is 17.2 Å². The Bertz CT molecular complexity index is 649. The van der Waals surface area contributed by atoms with Crippen LogP contribution in [0.3, 0.4) is 0 Å². The molecule has 0 aliphatic heterocycles. The first-order valence-corrected chi connectivity index (χ1v) is 6.82. The number of carboxylic acids is 1. The van der Waals surface area contributed by atoms with Gasteiger partial charge in [-0.2, -0.15) is 0 Å². The molecular weight excluding hydrogens is 268 g/mol. The number of para-hydroxylation sites is 2. The van der Waals surface area contributed by atoms with Gasteiger partial charge in [0, 0.05) is 5.56 Å². The van der Waals surface area contributed by atoms with Gasteiger partial charge in [-0.15, -0.1) is 0 Å². The zero-order valence-electron chi connectivity index (χ0n) is 12.0. The molecule has 0 amide bonds. The molecular formula is C17H18O4. The molecule has 4 nitrogen and oxygen atoms in total. The Morgan fingerprint density at radius 2 is 1.81 bits per heavy atom. The quantitative estimate of drug-likeness (QED) is 0.869. The van der Waals surface area contributed by atoms with E-state index in [1.807, 2.05) is 25.1 Å². The van der Waals surface area contributed by atoms with Crippen molar-refractivity contribution in [1.29, 1.82) is 0 Å². The molecule has 0 heterocycles. The molecule has 0 spiro atoms. The van der Waals surface area contributed by atoms with E-state index in [0.717, 1.165) is 5.56 Å². The zero-order chi connectivity index (χ0) is 15.4. The van der Waals surface area contributed by atoms with Gasteiger partial charge < -0.3 is 14.9 Å². The van der Waals surface area contributed by atoms with Crippen LogP contribution in [0, 0.1) is 6.92 Å². The van der Waals surface area contributed by atoms with Crippen molar-refractivity contribution in [2.75, 3.05) is 0 Å². The van der Waals surface area contributed by atoms with Crippen molar-refractivity contribution < 1.29 is 19.7 Å². The van der Waals surface area contributed by atoms with E-state index in [1.165, 1.54) is 0 Å². The number of hydrogen-bond donors (Lipinski definition) is 2. The number of carboxylic acid groups (broad SMARTS) is 1. The lowest BCUT2D eigenvalue weighted by atomic mass is 9.95. The van der Waals surface area contributed by atoms with Crippen LogP contribution in [0.4, 0.5) is 0 Å². The van der Waals surface area contributed by atoms with Gasteiger partial charge in [-0.25, -0.2) is 0 Å². The summed E-state index contributed by atoms with van der Waals surface area (Å²) in [5.74, 6) is -0.920. The Kier molecular flexibility index (Phi) is 4.48. The highest BCUT2D eigenvalue weighted by Crippen LogP contribution is 2.38. The second-order valence-corrected chi connectivity index (χ2v) is 4.86. The Morgan fingerprint density at radius 1 is 1.14 bits per heavy atom.